The van der Waals surface area contributed by atoms with E-state index in [0.29, 0.717) is 18.2 Å². The van der Waals surface area contributed by atoms with Crippen LogP contribution in [-0.2, 0) is 20.1 Å². The zero-order valence-corrected chi connectivity index (χ0v) is 14.3. The van der Waals surface area contributed by atoms with E-state index in [0.717, 1.165) is 23.5 Å². The predicted molar refractivity (Wildman–Crippen MR) is 89.7 cm³/mol. The van der Waals surface area contributed by atoms with Crippen molar-refractivity contribution in [3.05, 3.63) is 41.2 Å². The molecule has 2 rings (SSSR count). The maximum Gasteiger partial charge on any atom is 0.160 e. The molecule has 2 N–H and O–H groups in total. The number of aromatic hydroxyl groups is 1. The normalized spacial score (nSPS) is 10.6. The van der Waals surface area contributed by atoms with E-state index >= 15 is 0 Å². The molecule has 1 heterocycles. The van der Waals surface area contributed by atoms with Crippen molar-refractivity contribution in [2.75, 3.05) is 7.11 Å². The molecule has 22 heavy (non-hydrogen) atoms. The van der Waals surface area contributed by atoms with Crippen molar-refractivity contribution in [1.82, 2.24) is 15.1 Å². The first-order chi connectivity index (χ1) is 10.0. The molecule has 0 atom stereocenters. The quantitative estimate of drug-likeness (QED) is 0.857. The molecular weight excluding hydrogens is 302 g/mol. The molecule has 0 saturated carbocycles. The summed E-state index contributed by atoms with van der Waals surface area (Å²) in [5.74, 6) is 1.10. The monoisotopic (exact) mass is 325 g/mol. The number of nitrogens with one attached hydrogen (secondary N) is 1. The Morgan fingerprint density at radius 2 is 2.00 bits per heavy atom. The molecule has 0 fully saturated rings. The molecule has 0 spiro atoms. The van der Waals surface area contributed by atoms with Gasteiger partial charge in [0.1, 0.15) is 0 Å². The molecule has 6 heteroatoms. The summed E-state index contributed by atoms with van der Waals surface area (Å²) in [7, 11) is 3.52. The molecule has 2 aromatic rings. The van der Waals surface area contributed by atoms with Crippen LogP contribution < -0.4 is 10.1 Å². The number of phenolic OH excluding ortho intramolecular Hbond substituents is 1. The van der Waals surface area contributed by atoms with Gasteiger partial charge in [-0.15, -0.1) is 12.4 Å². The van der Waals surface area contributed by atoms with Crippen molar-refractivity contribution >= 4 is 12.4 Å². The highest BCUT2D eigenvalue weighted by atomic mass is 35.5. The molecule has 0 aliphatic carbocycles. The van der Waals surface area contributed by atoms with E-state index in [4.69, 9.17) is 4.74 Å². The molecule has 0 aliphatic heterocycles. The number of halogens is 1. The van der Waals surface area contributed by atoms with Crippen molar-refractivity contribution < 1.29 is 9.84 Å². The lowest BCUT2D eigenvalue weighted by atomic mass is 10.1. The van der Waals surface area contributed by atoms with Crippen molar-refractivity contribution in [3.63, 3.8) is 0 Å². The van der Waals surface area contributed by atoms with Crippen LogP contribution in [0.5, 0.6) is 11.5 Å². The first-order valence-corrected chi connectivity index (χ1v) is 7.10. The standard InChI is InChI=1S/C16H23N3O2.ClH/c1-11(2)14-8-13(19(3)18-14)10-17-9-12-5-6-15(20)16(7-12)21-4;/h5-8,11,17,20H,9-10H2,1-4H3;1H. The van der Waals surface area contributed by atoms with E-state index in [9.17, 15) is 5.11 Å². The molecule has 122 valence electrons. The first kappa shape index (κ1) is 18.3. The van der Waals surface area contributed by atoms with Crippen molar-refractivity contribution in [1.29, 1.82) is 0 Å². The van der Waals surface area contributed by atoms with E-state index in [1.54, 1.807) is 13.2 Å². The molecule has 1 aromatic heterocycles. The van der Waals surface area contributed by atoms with Gasteiger partial charge in [-0.1, -0.05) is 19.9 Å². The number of hydrogen-bond donors (Lipinski definition) is 2. The molecule has 0 radical (unpaired) electrons. The number of methoxy groups -OCH3 is 1. The maximum absolute atomic E-state index is 9.57. The minimum atomic E-state index is 0. The molecule has 0 bridgehead atoms. The van der Waals surface area contributed by atoms with Crippen LogP contribution in [0.1, 0.15) is 36.7 Å². The van der Waals surface area contributed by atoms with Crippen LogP contribution in [0.25, 0.3) is 0 Å². The fourth-order valence-corrected chi connectivity index (χ4v) is 2.14. The molecule has 1 aromatic carbocycles. The molecule has 0 aliphatic rings. The fourth-order valence-electron chi connectivity index (χ4n) is 2.14. The van der Waals surface area contributed by atoms with Crippen LogP contribution in [0.2, 0.25) is 0 Å². The van der Waals surface area contributed by atoms with E-state index in [2.05, 4.69) is 30.3 Å². The number of nitrogens with zero attached hydrogens (tertiary/aromatic N) is 2. The summed E-state index contributed by atoms with van der Waals surface area (Å²) in [6, 6.07) is 7.50. The minimum absolute atomic E-state index is 0. The number of phenols is 1. The molecule has 0 amide bonds. The summed E-state index contributed by atoms with van der Waals surface area (Å²) < 4.78 is 7.02. The Bertz CT molecular complexity index is 611. The Morgan fingerprint density at radius 3 is 2.59 bits per heavy atom. The highest BCUT2D eigenvalue weighted by Gasteiger charge is 2.08. The third kappa shape index (κ3) is 4.39. The summed E-state index contributed by atoms with van der Waals surface area (Å²) in [6.07, 6.45) is 0. The summed E-state index contributed by atoms with van der Waals surface area (Å²) in [6.45, 7) is 5.74. The van der Waals surface area contributed by atoms with Gasteiger partial charge in [-0.3, -0.25) is 4.68 Å². The lowest BCUT2D eigenvalue weighted by Crippen LogP contribution is -2.15. The SMILES string of the molecule is COc1cc(CNCc2cc(C(C)C)nn2C)ccc1O.Cl. The van der Waals surface area contributed by atoms with E-state index in [-0.39, 0.29) is 18.2 Å². The largest absolute Gasteiger partial charge is 0.504 e. The average molecular weight is 326 g/mol. The van der Waals surface area contributed by atoms with Crippen molar-refractivity contribution in [2.45, 2.75) is 32.9 Å². The fraction of sp³-hybridized carbons (Fsp3) is 0.438. The topological polar surface area (TPSA) is 59.3 Å². The highest BCUT2D eigenvalue weighted by Crippen LogP contribution is 2.26. The smallest absolute Gasteiger partial charge is 0.160 e. The first-order valence-electron chi connectivity index (χ1n) is 7.10. The minimum Gasteiger partial charge on any atom is -0.504 e. The zero-order valence-electron chi connectivity index (χ0n) is 13.5. The Labute approximate surface area is 137 Å². The Balaban J connectivity index is 0.00000242. The van der Waals surface area contributed by atoms with E-state index in [1.807, 2.05) is 23.9 Å². The molecule has 5 nitrogen and oxygen atoms in total. The van der Waals surface area contributed by atoms with E-state index < -0.39 is 0 Å². The Kier molecular flexibility index (Phi) is 6.71. The summed E-state index contributed by atoms with van der Waals surface area (Å²) in [4.78, 5) is 0. The number of aryl methyl sites for hydroxylation is 1. The maximum atomic E-state index is 9.57. The van der Waals surface area contributed by atoms with Crippen LogP contribution in [0.4, 0.5) is 0 Å². The zero-order chi connectivity index (χ0) is 15.4. The molecule has 0 saturated heterocycles. The van der Waals surface area contributed by atoms with Gasteiger partial charge in [0.05, 0.1) is 18.5 Å². The third-order valence-electron chi connectivity index (χ3n) is 3.47. The summed E-state index contributed by atoms with van der Waals surface area (Å²) in [5, 5.41) is 17.5. The van der Waals surface area contributed by atoms with Crippen LogP contribution in [-0.4, -0.2) is 22.0 Å². The van der Waals surface area contributed by atoms with Gasteiger partial charge in [-0.25, -0.2) is 0 Å². The number of hydrogen-bond acceptors (Lipinski definition) is 4. The lowest BCUT2D eigenvalue weighted by Gasteiger charge is -2.08. The predicted octanol–water partition coefficient (Wildman–Crippen LogP) is 2.97. The van der Waals surface area contributed by atoms with Gasteiger partial charge in [-0.2, -0.15) is 5.10 Å². The molecular formula is C16H24ClN3O2. The summed E-state index contributed by atoms with van der Waals surface area (Å²) >= 11 is 0. The van der Waals surface area contributed by atoms with Crippen LogP contribution in [0.3, 0.4) is 0 Å². The summed E-state index contributed by atoms with van der Waals surface area (Å²) in [5.41, 5.74) is 3.33. The Morgan fingerprint density at radius 1 is 1.27 bits per heavy atom. The van der Waals surface area contributed by atoms with Crippen LogP contribution >= 0.6 is 12.4 Å². The number of ether oxygens (including phenoxy) is 1. The van der Waals surface area contributed by atoms with Gasteiger partial charge in [0, 0.05) is 20.1 Å². The van der Waals surface area contributed by atoms with Gasteiger partial charge < -0.3 is 15.2 Å². The molecule has 0 unspecified atom stereocenters. The van der Waals surface area contributed by atoms with Crippen molar-refractivity contribution in [2.24, 2.45) is 7.05 Å². The van der Waals surface area contributed by atoms with E-state index in [1.165, 1.54) is 0 Å². The van der Waals surface area contributed by atoms with Crippen molar-refractivity contribution in [3.8, 4) is 11.5 Å². The van der Waals surface area contributed by atoms with Gasteiger partial charge in [-0.05, 0) is 29.7 Å². The second-order valence-electron chi connectivity index (χ2n) is 5.45. The second-order valence-corrected chi connectivity index (χ2v) is 5.45. The van der Waals surface area contributed by atoms with Crippen LogP contribution in [0, 0.1) is 0 Å². The number of rotatable bonds is 6. The lowest BCUT2D eigenvalue weighted by molar-refractivity contribution is 0.372. The van der Waals surface area contributed by atoms with Gasteiger partial charge in [0.25, 0.3) is 0 Å². The van der Waals surface area contributed by atoms with Crippen LogP contribution in [0.15, 0.2) is 24.3 Å². The highest BCUT2D eigenvalue weighted by molar-refractivity contribution is 5.85. The van der Waals surface area contributed by atoms with Gasteiger partial charge in [0.2, 0.25) is 0 Å². The average Bonchev–Trinajstić information content (AvgIpc) is 2.82. The third-order valence-corrected chi connectivity index (χ3v) is 3.47. The second kappa shape index (κ2) is 8.06. The Hall–Kier alpha value is -1.72. The number of aromatic nitrogens is 2. The van der Waals surface area contributed by atoms with Gasteiger partial charge in [0.15, 0.2) is 11.5 Å². The number of benzene rings is 1. The van der Waals surface area contributed by atoms with Gasteiger partial charge >= 0.3 is 0 Å².